The Hall–Kier alpha value is -0.650. The van der Waals surface area contributed by atoms with Crippen molar-refractivity contribution in [2.75, 3.05) is 39.0 Å². The van der Waals surface area contributed by atoms with E-state index in [1.165, 1.54) is 0 Å². The molecule has 80 valence electrons. The molecule has 1 rings (SSSR count). The van der Waals surface area contributed by atoms with Gasteiger partial charge in [-0.25, -0.2) is 4.98 Å². The summed E-state index contributed by atoms with van der Waals surface area (Å²) in [4.78, 5) is 6.55. The van der Waals surface area contributed by atoms with Gasteiger partial charge in [-0.2, -0.15) is 0 Å². The fourth-order valence-electron chi connectivity index (χ4n) is 1.04. The highest BCUT2D eigenvalue weighted by Gasteiger charge is 2.00. The second-order valence-electron chi connectivity index (χ2n) is 3.41. The Morgan fingerprint density at radius 2 is 2.36 bits per heavy atom. The second kappa shape index (κ2) is 5.95. The number of aromatic nitrogens is 1. The molecule has 0 spiro atoms. The van der Waals surface area contributed by atoms with Crippen LogP contribution in [-0.4, -0.2) is 43.6 Å². The molecule has 0 unspecified atom stereocenters. The first-order valence-electron chi connectivity index (χ1n) is 4.75. The van der Waals surface area contributed by atoms with Crippen molar-refractivity contribution in [3.63, 3.8) is 0 Å². The van der Waals surface area contributed by atoms with Crippen LogP contribution in [-0.2, 0) is 6.42 Å². The molecule has 0 fully saturated rings. The molecule has 0 bridgehead atoms. The third-order valence-electron chi connectivity index (χ3n) is 1.79. The number of nitrogens with one attached hydrogen (secondary N) is 1. The van der Waals surface area contributed by atoms with Crippen molar-refractivity contribution in [2.45, 2.75) is 6.42 Å². The Morgan fingerprint density at radius 1 is 1.57 bits per heavy atom. The van der Waals surface area contributed by atoms with Crippen LogP contribution >= 0.6 is 11.3 Å². The second-order valence-corrected chi connectivity index (χ2v) is 4.27. The summed E-state index contributed by atoms with van der Waals surface area (Å²) in [5, 5.41) is 6.34. The van der Waals surface area contributed by atoms with Crippen molar-refractivity contribution < 1.29 is 0 Å². The summed E-state index contributed by atoms with van der Waals surface area (Å²) in [5.74, 6) is 0. The molecule has 1 aromatic rings. The molecule has 0 radical (unpaired) electrons. The minimum atomic E-state index is 0.668. The van der Waals surface area contributed by atoms with Crippen LogP contribution in [0.4, 0.5) is 5.13 Å². The van der Waals surface area contributed by atoms with Crippen LogP contribution in [0.3, 0.4) is 0 Å². The molecule has 0 aliphatic rings. The van der Waals surface area contributed by atoms with Gasteiger partial charge in [-0.05, 0) is 20.6 Å². The van der Waals surface area contributed by atoms with Crippen LogP contribution in [0.5, 0.6) is 0 Å². The number of thiazole rings is 1. The van der Waals surface area contributed by atoms with Gasteiger partial charge in [-0.1, -0.05) is 0 Å². The number of hydrogen-bond donors (Lipinski definition) is 2. The van der Waals surface area contributed by atoms with Crippen molar-refractivity contribution in [3.8, 4) is 0 Å². The van der Waals surface area contributed by atoms with Crippen LogP contribution in [0.25, 0.3) is 0 Å². The average Bonchev–Trinajstić information content (AvgIpc) is 2.53. The molecule has 5 heteroatoms. The summed E-state index contributed by atoms with van der Waals surface area (Å²) in [5.41, 5.74) is 6.54. The largest absolute Gasteiger partial charge is 0.360 e. The molecule has 0 atom stereocenters. The molecule has 0 saturated heterocycles. The van der Waals surface area contributed by atoms with Crippen molar-refractivity contribution in [2.24, 2.45) is 5.73 Å². The van der Waals surface area contributed by atoms with Gasteiger partial charge in [0.05, 0.1) is 5.69 Å². The Balaban J connectivity index is 2.28. The SMILES string of the molecule is CN(C)CCNc1nc(CCN)cs1. The highest BCUT2D eigenvalue weighted by atomic mass is 32.1. The minimum Gasteiger partial charge on any atom is -0.360 e. The van der Waals surface area contributed by atoms with E-state index in [0.29, 0.717) is 6.54 Å². The topological polar surface area (TPSA) is 54.2 Å². The van der Waals surface area contributed by atoms with Gasteiger partial charge in [0, 0.05) is 24.9 Å². The maximum absolute atomic E-state index is 5.45. The lowest BCUT2D eigenvalue weighted by Gasteiger charge is -2.08. The fourth-order valence-corrected chi connectivity index (χ4v) is 1.81. The number of likely N-dealkylation sites (N-methyl/N-ethyl adjacent to an activating group) is 1. The van der Waals surface area contributed by atoms with Gasteiger partial charge in [0.1, 0.15) is 0 Å². The maximum atomic E-state index is 5.45. The Morgan fingerprint density at radius 3 is 3.00 bits per heavy atom. The van der Waals surface area contributed by atoms with Gasteiger partial charge in [0.2, 0.25) is 0 Å². The van der Waals surface area contributed by atoms with Crippen molar-refractivity contribution >= 4 is 16.5 Å². The van der Waals surface area contributed by atoms with Crippen LogP contribution in [0.15, 0.2) is 5.38 Å². The van der Waals surface area contributed by atoms with Gasteiger partial charge in [0.15, 0.2) is 5.13 Å². The van der Waals surface area contributed by atoms with E-state index in [1.807, 2.05) is 0 Å². The number of nitrogens with zero attached hydrogens (tertiary/aromatic N) is 2. The van der Waals surface area contributed by atoms with E-state index in [-0.39, 0.29) is 0 Å². The molecule has 4 nitrogen and oxygen atoms in total. The van der Waals surface area contributed by atoms with Crippen molar-refractivity contribution in [1.29, 1.82) is 0 Å². The Labute approximate surface area is 89.1 Å². The molecule has 1 heterocycles. The third kappa shape index (κ3) is 4.04. The van der Waals surface area contributed by atoms with Crippen LogP contribution in [0.2, 0.25) is 0 Å². The molecular formula is C9H18N4S. The predicted octanol–water partition coefficient (Wildman–Crippen LogP) is 0.618. The van der Waals surface area contributed by atoms with E-state index >= 15 is 0 Å². The Kier molecular flexibility index (Phi) is 4.86. The lowest BCUT2D eigenvalue weighted by atomic mass is 10.3. The Bertz CT molecular complexity index is 259. The molecule has 0 aliphatic heterocycles. The van der Waals surface area contributed by atoms with Gasteiger partial charge in [-0.15, -0.1) is 11.3 Å². The van der Waals surface area contributed by atoms with Crippen LogP contribution < -0.4 is 11.1 Å². The standard InChI is InChI=1S/C9H18N4S/c1-13(2)6-5-11-9-12-8(3-4-10)7-14-9/h7H,3-6,10H2,1-2H3,(H,11,12). The van der Waals surface area contributed by atoms with Crippen molar-refractivity contribution in [1.82, 2.24) is 9.88 Å². The zero-order chi connectivity index (χ0) is 10.4. The van der Waals surface area contributed by atoms with E-state index in [2.05, 4.69) is 34.7 Å². The summed E-state index contributed by atoms with van der Waals surface area (Å²) >= 11 is 1.64. The minimum absolute atomic E-state index is 0.668. The number of rotatable bonds is 6. The zero-order valence-electron chi connectivity index (χ0n) is 8.79. The van der Waals surface area contributed by atoms with Gasteiger partial charge in [-0.3, -0.25) is 0 Å². The van der Waals surface area contributed by atoms with Gasteiger partial charge >= 0.3 is 0 Å². The van der Waals surface area contributed by atoms with Crippen molar-refractivity contribution in [3.05, 3.63) is 11.1 Å². The molecule has 1 aromatic heterocycles. The molecule has 14 heavy (non-hydrogen) atoms. The zero-order valence-corrected chi connectivity index (χ0v) is 9.60. The summed E-state index contributed by atoms with van der Waals surface area (Å²) in [6.45, 7) is 2.62. The fraction of sp³-hybridized carbons (Fsp3) is 0.667. The highest BCUT2D eigenvalue weighted by Crippen LogP contribution is 2.14. The number of anilines is 1. The van der Waals surface area contributed by atoms with E-state index in [9.17, 15) is 0 Å². The first kappa shape index (κ1) is 11.4. The van der Waals surface area contributed by atoms with E-state index in [0.717, 1.165) is 30.3 Å². The highest BCUT2D eigenvalue weighted by molar-refractivity contribution is 7.13. The van der Waals surface area contributed by atoms with Crippen LogP contribution in [0, 0.1) is 0 Å². The molecule has 0 aliphatic carbocycles. The van der Waals surface area contributed by atoms with E-state index in [4.69, 9.17) is 5.73 Å². The average molecular weight is 214 g/mol. The normalized spacial score (nSPS) is 10.9. The van der Waals surface area contributed by atoms with Gasteiger partial charge < -0.3 is 16.0 Å². The van der Waals surface area contributed by atoms with E-state index in [1.54, 1.807) is 11.3 Å². The first-order chi connectivity index (χ1) is 6.72. The van der Waals surface area contributed by atoms with Crippen LogP contribution in [0.1, 0.15) is 5.69 Å². The third-order valence-corrected chi connectivity index (χ3v) is 2.64. The quantitative estimate of drug-likeness (QED) is 0.729. The monoisotopic (exact) mass is 214 g/mol. The molecule has 0 aromatic carbocycles. The lowest BCUT2D eigenvalue weighted by molar-refractivity contribution is 0.425. The summed E-state index contributed by atoms with van der Waals surface area (Å²) in [6, 6.07) is 0. The van der Waals surface area contributed by atoms with Gasteiger partial charge in [0.25, 0.3) is 0 Å². The summed E-state index contributed by atoms with van der Waals surface area (Å²) < 4.78 is 0. The number of hydrogen-bond acceptors (Lipinski definition) is 5. The summed E-state index contributed by atoms with van der Waals surface area (Å²) in [7, 11) is 4.12. The van der Waals surface area contributed by atoms with E-state index < -0.39 is 0 Å². The molecule has 0 saturated carbocycles. The molecule has 0 amide bonds. The predicted molar refractivity (Wildman–Crippen MR) is 61.9 cm³/mol. The smallest absolute Gasteiger partial charge is 0.182 e. The number of nitrogens with two attached hydrogens (primary N) is 1. The maximum Gasteiger partial charge on any atom is 0.182 e. The lowest BCUT2D eigenvalue weighted by Crippen LogP contribution is -2.20. The molecule has 3 N–H and O–H groups in total. The first-order valence-corrected chi connectivity index (χ1v) is 5.63. The summed E-state index contributed by atoms with van der Waals surface area (Å²) in [6.07, 6.45) is 0.867. The molecular weight excluding hydrogens is 196 g/mol.